The molecule has 4 aromatic rings. The molecular formula is C38H49N7O8S. The Bertz CT molecular complexity index is 1970. The van der Waals surface area contributed by atoms with Gasteiger partial charge in [-0.25, -0.2) is 19.6 Å². The Hall–Kier alpha value is -5.19. The van der Waals surface area contributed by atoms with E-state index in [0.717, 1.165) is 57.1 Å². The third kappa shape index (κ3) is 9.86. The Balaban J connectivity index is 1.34. The van der Waals surface area contributed by atoms with Crippen molar-refractivity contribution in [3.63, 3.8) is 0 Å². The van der Waals surface area contributed by atoms with Crippen molar-refractivity contribution in [2.24, 2.45) is 0 Å². The highest BCUT2D eigenvalue weighted by Crippen LogP contribution is 2.34. The standard InChI is InChI=1S/C38H49N7O8S/c1-6-28-34(54-24(2)41-28)35(46)43-38-42-29-21-26(37(48)51-5)23-31(49-3)33(29)45(38)15-8-7-12-40-32-27(39)20-25(36(47)50-4)22-30(32)53-18-11-14-44-13-9-10-17-52-19-16-44/h7-8,20-23,40H,6,9-19,39H2,1-5H3,(H,42,43,46)/b8-7+. The van der Waals surface area contributed by atoms with Crippen LogP contribution < -0.4 is 25.8 Å². The summed E-state index contributed by atoms with van der Waals surface area (Å²) in [6.07, 6.45) is 7.35. The Morgan fingerprint density at radius 2 is 1.74 bits per heavy atom. The van der Waals surface area contributed by atoms with E-state index in [2.05, 4.69) is 20.5 Å². The molecule has 15 nitrogen and oxygen atoms in total. The van der Waals surface area contributed by atoms with E-state index in [1.807, 2.05) is 26.0 Å². The van der Waals surface area contributed by atoms with E-state index in [0.29, 0.717) is 64.1 Å². The molecule has 3 heterocycles. The molecule has 2 aromatic heterocycles. The predicted molar refractivity (Wildman–Crippen MR) is 208 cm³/mol. The quantitative estimate of drug-likeness (QED) is 0.0577. The minimum absolute atomic E-state index is 0.260. The van der Waals surface area contributed by atoms with Gasteiger partial charge < -0.3 is 44.2 Å². The number of ether oxygens (including phenoxy) is 5. The molecule has 1 aliphatic heterocycles. The van der Waals surface area contributed by atoms with Crippen LogP contribution in [-0.4, -0.2) is 105 Å². The van der Waals surface area contributed by atoms with Crippen LogP contribution >= 0.6 is 11.3 Å². The number of allylic oxidation sites excluding steroid dienone is 1. The molecule has 0 saturated carbocycles. The molecular weight excluding hydrogens is 715 g/mol. The van der Waals surface area contributed by atoms with Crippen molar-refractivity contribution in [2.45, 2.75) is 46.1 Å². The number of esters is 2. The monoisotopic (exact) mass is 763 g/mol. The molecule has 1 aliphatic rings. The number of nitrogens with zero attached hydrogens (tertiary/aromatic N) is 4. The van der Waals surface area contributed by atoms with E-state index in [9.17, 15) is 14.4 Å². The SMILES string of the molecule is CCc1nc(C)sc1C(=O)Nc1nc2cc(C(=O)OC)cc(OC)c2n1C/C=C/CNc1c(N)cc(C(=O)OC)cc1OCCCN1CCCCOCC1. The number of nitrogens with one attached hydrogen (secondary N) is 2. The van der Waals surface area contributed by atoms with Crippen molar-refractivity contribution < 1.29 is 38.1 Å². The first-order valence-electron chi connectivity index (χ1n) is 17.9. The summed E-state index contributed by atoms with van der Waals surface area (Å²) < 4.78 is 29.2. The van der Waals surface area contributed by atoms with Gasteiger partial charge in [0.15, 0.2) is 0 Å². The maximum absolute atomic E-state index is 13.5. The summed E-state index contributed by atoms with van der Waals surface area (Å²) in [6.45, 7) is 9.20. The fourth-order valence-electron chi connectivity index (χ4n) is 6.18. The van der Waals surface area contributed by atoms with E-state index in [1.165, 1.54) is 32.7 Å². The molecule has 0 radical (unpaired) electrons. The highest BCUT2D eigenvalue weighted by molar-refractivity contribution is 7.13. The molecule has 54 heavy (non-hydrogen) atoms. The van der Waals surface area contributed by atoms with Gasteiger partial charge in [0.05, 0.1) is 67.6 Å². The van der Waals surface area contributed by atoms with Crippen molar-refractivity contribution in [2.75, 3.05) is 83.7 Å². The van der Waals surface area contributed by atoms with Gasteiger partial charge in [-0.15, -0.1) is 11.3 Å². The fourth-order valence-corrected chi connectivity index (χ4v) is 7.08. The molecule has 5 rings (SSSR count). The second-order valence-electron chi connectivity index (χ2n) is 12.5. The highest BCUT2D eigenvalue weighted by atomic mass is 32.1. The molecule has 0 aliphatic carbocycles. The van der Waals surface area contributed by atoms with E-state index >= 15 is 0 Å². The van der Waals surface area contributed by atoms with Crippen molar-refractivity contribution in [1.82, 2.24) is 19.4 Å². The van der Waals surface area contributed by atoms with Gasteiger partial charge in [0.25, 0.3) is 5.91 Å². The number of benzene rings is 2. The maximum atomic E-state index is 13.5. The third-order valence-corrected chi connectivity index (χ3v) is 9.88. The first-order chi connectivity index (χ1) is 26.2. The molecule has 2 aromatic carbocycles. The van der Waals surface area contributed by atoms with Crippen LogP contribution in [0, 0.1) is 6.92 Å². The molecule has 1 fully saturated rings. The average molecular weight is 764 g/mol. The van der Waals surface area contributed by atoms with Crippen molar-refractivity contribution in [3.8, 4) is 11.5 Å². The number of carbonyl (C=O) groups excluding carboxylic acids is 3. The second-order valence-corrected chi connectivity index (χ2v) is 13.7. The molecule has 0 unspecified atom stereocenters. The van der Waals surface area contributed by atoms with Crippen LogP contribution in [0.2, 0.25) is 0 Å². The lowest BCUT2D eigenvalue weighted by Gasteiger charge is -2.24. The van der Waals surface area contributed by atoms with Gasteiger partial charge in [-0.1, -0.05) is 19.1 Å². The van der Waals surface area contributed by atoms with Crippen molar-refractivity contribution in [3.05, 3.63) is 63.1 Å². The number of hydrogen-bond acceptors (Lipinski definition) is 14. The summed E-state index contributed by atoms with van der Waals surface area (Å²) in [7, 11) is 4.12. The zero-order valence-corrected chi connectivity index (χ0v) is 32.3. The smallest absolute Gasteiger partial charge is 0.338 e. The van der Waals surface area contributed by atoms with E-state index < -0.39 is 11.9 Å². The summed E-state index contributed by atoms with van der Waals surface area (Å²) in [5.41, 5.74) is 9.60. The number of aryl methyl sites for hydroxylation is 2. The van der Waals surface area contributed by atoms with E-state index in [4.69, 9.17) is 34.4 Å². The number of thiazole rings is 1. The first-order valence-corrected chi connectivity index (χ1v) is 18.8. The molecule has 4 N–H and O–H groups in total. The lowest BCUT2D eigenvalue weighted by atomic mass is 10.1. The lowest BCUT2D eigenvalue weighted by molar-refractivity contribution is 0.0591. The Morgan fingerprint density at radius 3 is 2.48 bits per heavy atom. The van der Waals surface area contributed by atoms with Gasteiger partial charge in [0.2, 0.25) is 5.95 Å². The number of hydrogen-bond donors (Lipinski definition) is 3. The summed E-state index contributed by atoms with van der Waals surface area (Å²) in [4.78, 5) is 50.4. The Kier molecular flexibility index (Phi) is 14.2. The number of nitrogen functional groups attached to an aromatic ring is 1. The van der Waals surface area contributed by atoms with Crippen molar-refractivity contribution in [1.29, 1.82) is 0 Å². The highest BCUT2D eigenvalue weighted by Gasteiger charge is 2.23. The number of imidazole rings is 1. The molecule has 290 valence electrons. The largest absolute Gasteiger partial charge is 0.494 e. The van der Waals surface area contributed by atoms with Gasteiger partial charge in [-0.05, 0) is 63.4 Å². The Morgan fingerprint density at radius 1 is 0.981 bits per heavy atom. The van der Waals surface area contributed by atoms with Crippen LogP contribution in [0.1, 0.15) is 67.3 Å². The predicted octanol–water partition coefficient (Wildman–Crippen LogP) is 5.33. The number of nitrogens with two attached hydrogens (primary N) is 1. The third-order valence-electron chi connectivity index (χ3n) is 8.86. The van der Waals surface area contributed by atoms with E-state index in [1.54, 1.807) is 28.8 Å². The van der Waals surface area contributed by atoms with Gasteiger partial charge >= 0.3 is 11.9 Å². The molecule has 0 atom stereocenters. The second kappa shape index (κ2) is 19.2. The van der Waals surface area contributed by atoms with E-state index in [-0.39, 0.29) is 29.5 Å². The number of fused-ring (bicyclic) bond motifs is 1. The number of amides is 1. The van der Waals surface area contributed by atoms with Crippen LogP contribution in [0.25, 0.3) is 11.0 Å². The van der Waals surface area contributed by atoms with Gasteiger partial charge in [0, 0.05) is 32.8 Å². The number of anilines is 3. The first kappa shape index (κ1) is 40.0. The number of methoxy groups -OCH3 is 3. The fraction of sp³-hybridized carbons (Fsp3) is 0.447. The summed E-state index contributed by atoms with van der Waals surface area (Å²) in [5.74, 6) is -0.293. The zero-order valence-electron chi connectivity index (χ0n) is 31.5. The number of rotatable bonds is 16. The lowest BCUT2D eigenvalue weighted by Crippen LogP contribution is -2.32. The van der Waals surface area contributed by atoms with Crippen LogP contribution in [0.5, 0.6) is 11.5 Å². The molecule has 1 amide bonds. The van der Waals surface area contributed by atoms with Crippen LogP contribution in [-0.2, 0) is 27.2 Å². The van der Waals surface area contributed by atoms with Gasteiger partial charge in [-0.2, -0.15) is 0 Å². The normalized spacial score (nSPS) is 13.7. The minimum Gasteiger partial charge on any atom is -0.494 e. The van der Waals surface area contributed by atoms with Crippen LogP contribution in [0.4, 0.5) is 17.3 Å². The average Bonchev–Trinajstić information content (AvgIpc) is 3.72. The topological polar surface area (TPSA) is 181 Å². The molecule has 1 saturated heterocycles. The summed E-state index contributed by atoms with van der Waals surface area (Å²) in [5, 5.41) is 7.07. The number of carbonyl (C=O) groups is 3. The molecule has 16 heteroatoms. The Labute approximate surface area is 318 Å². The van der Waals surface area contributed by atoms with Gasteiger partial charge in [-0.3, -0.25) is 10.1 Å². The zero-order chi connectivity index (χ0) is 38.6. The van der Waals surface area contributed by atoms with Crippen molar-refractivity contribution >= 4 is 57.5 Å². The molecule has 0 bridgehead atoms. The maximum Gasteiger partial charge on any atom is 0.338 e. The summed E-state index contributed by atoms with van der Waals surface area (Å²) >= 11 is 1.32. The minimum atomic E-state index is -0.542. The van der Waals surface area contributed by atoms with Crippen LogP contribution in [0.15, 0.2) is 36.4 Å². The summed E-state index contributed by atoms with van der Waals surface area (Å²) in [6, 6.07) is 6.37. The number of aromatic nitrogens is 3. The van der Waals surface area contributed by atoms with Crippen LogP contribution in [0.3, 0.4) is 0 Å². The van der Waals surface area contributed by atoms with Gasteiger partial charge in [0.1, 0.15) is 27.6 Å². The molecule has 0 spiro atoms.